The van der Waals surface area contributed by atoms with Gasteiger partial charge >= 0.3 is 12.1 Å². The van der Waals surface area contributed by atoms with E-state index in [1.54, 1.807) is 56.3 Å². The van der Waals surface area contributed by atoms with Gasteiger partial charge < -0.3 is 19.9 Å². The smallest absolute Gasteiger partial charge is 0.416 e. The SMILES string of the molecule is COc1ccc(CC(OC(C)C)C(=O)O)cc1CNC(=O)c1ccc(-c2ccc(C(F)(F)F)cc2)cc1. The fraction of sp³-hybridized carbons (Fsp3) is 0.286. The average Bonchev–Trinajstić information content (AvgIpc) is 2.86. The summed E-state index contributed by atoms with van der Waals surface area (Å²) in [6, 6.07) is 16.6. The summed E-state index contributed by atoms with van der Waals surface area (Å²) < 4.78 is 49.2. The number of hydrogen-bond donors (Lipinski definition) is 2. The molecule has 0 spiro atoms. The van der Waals surface area contributed by atoms with Crippen molar-refractivity contribution in [2.45, 2.75) is 45.2 Å². The number of carbonyl (C=O) groups excluding carboxylic acids is 1. The van der Waals surface area contributed by atoms with Crippen molar-refractivity contribution in [1.29, 1.82) is 0 Å². The zero-order valence-electron chi connectivity index (χ0n) is 20.6. The molecule has 3 aromatic rings. The lowest BCUT2D eigenvalue weighted by molar-refractivity contribution is -0.153. The summed E-state index contributed by atoms with van der Waals surface area (Å²) >= 11 is 0. The monoisotopic (exact) mass is 515 g/mol. The first kappa shape index (κ1) is 27.7. The molecule has 0 fully saturated rings. The van der Waals surface area contributed by atoms with E-state index in [2.05, 4.69) is 5.32 Å². The van der Waals surface area contributed by atoms with Crippen molar-refractivity contribution in [3.8, 4) is 16.9 Å². The minimum Gasteiger partial charge on any atom is -0.496 e. The Hall–Kier alpha value is -3.85. The number of halogens is 3. The van der Waals surface area contributed by atoms with E-state index in [0.29, 0.717) is 28.0 Å². The summed E-state index contributed by atoms with van der Waals surface area (Å²) in [5.41, 5.74) is 2.32. The van der Waals surface area contributed by atoms with Crippen LogP contribution in [-0.4, -0.2) is 36.3 Å². The molecule has 0 bridgehead atoms. The molecule has 0 aromatic heterocycles. The van der Waals surface area contributed by atoms with Gasteiger partial charge in [0, 0.05) is 24.1 Å². The van der Waals surface area contributed by atoms with E-state index in [-0.39, 0.29) is 25.0 Å². The fourth-order valence-electron chi connectivity index (χ4n) is 3.78. The molecule has 0 saturated carbocycles. The molecule has 1 atom stereocenters. The number of ether oxygens (including phenoxy) is 2. The van der Waals surface area contributed by atoms with Gasteiger partial charge in [-0.3, -0.25) is 4.79 Å². The normalized spacial score (nSPS) is 12.3. The number of rotatable bonds is 10. The zero-order valence-corrected chi connectivity index (χ0v) is 20.6. The number of carboxylic acids is 1. The third-order valence-electron chi connectivity index (χ3n) is 5.61. The van der Waals surface area contributed by atoms with E-state index >= 15 is 0 Å². The molecule has 3 rings (SSSR count). The Labute approximate surface area is 213 Å². The molecule has 196 valence electrons. The maximum Gasteiger partial charge on any atom is 0.416 e. The van der Waals surface area contributed by atoms with E-state index < -0.39 is 23.8 Å². The van der Waals surface area contributed by atoms with Crippen molar-refractivity contribution in [3.05, 3.63) is 89.0 Å². The molecule has 0 radical (unpaired) electrons. The maximum atomic E-state index is 12.8. The number of aliphatic carboxylic acids is 1. The summed E-state index contributed by atoms with van der Waals surface area (Å²) in [6.45, 7) is 3.67. The lowest BCUT2D eigenvalue weighted by Crippen LogP contribution is -2.29. The first-order valence-corrected chi connectivity index (χ1v) is 11.6. The van der Waals surface area contributed by atoms with Crippen molar-refractivity contribution >= 4 is 11.9 Å². The van der Waals surface area contributed by atoms with E-state index in [0.717, 1.165) is 17.7 Å². The van der Waals surface area contributed by atoms with Crippen LogP contribution in [0.5, 0.6) is 5.75 Å². The Morgan fingerprint density at radius 2 is 1.54 bits per heavy atom. The minimum atomic E-state index is -4.40. The molecule has 0 aliphatic carbocycles. The molecule has 0 aliphatic heterocycles. The highest BCUT2D eigenvalue weighted by molar-refractivity contribution is 5.94. The molecule has 9 heteroatoms. The van der Waals surface area contributed by atoms with E-state index in [9.17, 15) is 27.9 Å². The van der Waals surface area contributed by atoms with Gasteiger partial charge in [-0.2, -0.15) is 13.2 Å². The summed E-state index contributed by atoms with van der Waals surface area (Å²) in [5, 5.41) is 12.3. The molecule has 3 aromatic carbocycles. The molecular weight excluding hydrogens is 487 g/mol. The van der Waals surface area contributed by atoms with Crippen LogP contribution in [0.1, 0.15) is 40.9 Å². The van der Waals surface area contributed by atoms with Gasteiger partial charge in [-0.05, 0) is 60.9 Å². The number of alkyl halides is 3. The standard InChI is InChI=1S/C28H28F3NO5/c1-17(2)37-25(27(34)35)15-18-4-13-24(36-3)22(14-18)16-32-26(33)21-7-5-19(6-8-21)20-9-11-23(12-10-20)28(29,30)31/h4-14,17,25H,15-16H2,1-3H3,(H,32,33)(H,34,35). The second-order valence-electron chi connectivity index (χ2n) is 8.70. The van der Waals surface area contributed by atoms with E-state index in [1.165, 1.54) is 19.2 Å². The predicted octanol–water partition coefficient (Wildman–Crippen LogP) is 5.73. The van der Waals surface area contributed by atoms with Crippen LogP contribution in [0.25, 0.3) is 11.1 Å². The minimum absolute atomic E-state index is 0.138. The predicted molar refractivity (Wildman–Crippen MR) is 132 cm³/mol. The summed E-state index contributed by atoms with van der Waals surface area (Å²) in [7, 11) is 1.50. The van der Waals surface area contributed by atoms with Crippen molar-refractivity contribution in [3.63, 3.8) is 0 Å². The number of carboxylic acid groups (broad SMARTS) is 1. The Bertz CT molecular complexity index is 1220. The molecule has 2 N–H and O–H groups in total. The van der Waals surface area contributed by atoms with E-state index in [1.807, 2.05) is 0 Å². The van der Waals surface area contributed by atoms with Gasteiger partial charge in [-0.1, -0.05) is 36.4 Å². The summed E-state index contributed by atoms with van der Waals surface area (Å²) in [5.74, 6) is -0.865. The topological polar surface area (TPSA) is 84.9 Å². The van der Waals surface area contributed by atoms with Crippen molar-refractivity contribution < 1.29 is 37.3 Å². The van der Waals surface area contributed by atoms with Crippen LogP contribution in [0.2, 0.25) is 0 Å². The lowest BCUT2D eigenvalue weighted by Gasteiger charge is -2.18. The molecule has 1 unspecified atom stereocenters. The Kier molecular flexibility index (Phi) is 8.94. The number of amides is 1. The van der Waals surface area contributed by atoms with Gasteiger partial charge in [0.25, 0.3) is 5.91 Å². The summed E-state index contributed by atoms with van der Waals surface area (Å²) in [6.07, 6.45) is -5.49. The van der Waals surface area contributed by atoms with Crippen molar-refractivity contribution in [1.82, 2.24) is 5.32 Å². The van der Waals surface area contributed by atoms with E-state index in [4.69, 9.17) is 9.47 Å². The highest BCUT2D eigenvalue weighted by Gasteiger charge is 2.30. The highest BCUT2D eigenvalue weighted by atomic mass is 19.4. The quantitative estimate of drug-likeness (QED) is 0.360. The fourth-order valence-corrected chi connectivity index (χ4v) is 3.78. The Morgan fingerprint density at radius 1 is 0.946 bits per heavy atom. The van der Waals surface area contributed by atoms with Gasteiger partial charge in [0.05, 0.1) is 18.8 Å². The van der Waals surface area contributed by atoms with Gasteiger partial charge in [-0.25, -0.2) is 4.79 Å². The van der Waals surface area contributed by atoms with Crippen LogP contribution in [0, 0.1) is 0 Å². The molecule has 6 nitrogen and oxygen atoms in total. The highest BCUT2D eigenvalue weighted by Crippen LogP contribution is 2.31. The van der Waals surface area contributed by atoms with Crippen LogP contribution in [0.4, 0.5) is 13.2 Å². The van der Waals surface area contributed by atoms with Crippen LogP contribution in [0.3, 0.4) is 0 Å². The Morgan fingerprint density at radius 3 is 2.05 bits per heavy atom. The largest absolute Gasteiger partial charge is 0.496 e. The van der Waals surface area contributed by atoms with Gasteiger partial charge in [-0.15, -0.1) is 0 Å². The molecule has 0 heterocycles. The number of carbonyl (C=O) groups is 2. The van der Waals surface area contributed by atoms with Gasteiger partial charge in [0.1, 0.15) is 5.75 Å². The van der Waals surface area contributed by atoms with Crippen LogP contribution < -0.4 is 10.1 Å². The van der Waals surface area contributed by atoms with Crippen molar-refractivity contribution in [2.75, 3.05) is 7.11 Å². The molecule has 0 saturated heterocycles. The first-order valence-electron chi connectivity index (χ1n) is 11.6. The number of nitrogens with one attached hydrogen (secondary N) is 1. The number of methoxy groups -OCH3 is 1. The van der Waals surface area contributed by atoms with Crippen molar-refractivity contribution in [2.24, 2.45) is 0 Å². The average molecular weight is 516 g/mol. The van der Waals surface area contributed by atoms with Crippen LogP contribution in [-0.2, 0) is 28.7 Å². The Balaban J connectivity index is 1.68. The van der Waals surface area contributed by atoms with Gasteiger partial charge in [0.15, 0.2) is 6.10 Å². The lowest BCUT2D eigenvalue weighted by atomic mass is 10.0. The molecule has 1 amide bonds. The van der Waals surface area contributed by atoms with Crippen LogP contribution in [0.15, 0.2) is 66.7 Å². The third-order valence-corrected chi connectivity index (χ3v) is 5.61. The second-order valence-corrected chi connectivity index (χ2v) is 8.70. The zero-order chi connectivity index (χ0) is 27.2. The summed E-state index contributed by atoms with van der Waals surface area (Å²) in [4.78, 5) is 24.3. The number of benzene rings is 3. The third kappa shape index (κ3) is 7.57. The molecule has 0 aliphatic rings. The van der Waals surface area contributed by atoms with Crippen LogP contribution >= 0.6 is 0 Å². The molecule has 37 heavy (non-hydrogen) atoms. The number of hydrogen-bond acceptors (Lipinski definition) is 4. The second kappa shape index (κ2) is 11.9. The first-order chi connectivity index (χ1) is 17.5. The molecular formula is C28H28F3NO5. The maximum absolute atomic E-state index is 12.8. The van der Waals surface area contributed by atoms with Gasteiger partial charge in [0.2, 0.25) is 0 Å².